The molecular weight excluding hydrogens is 308 g/mol. The third kappa shape index (κ3) is 4.81. The molecular formula is C18H22N2O4. The number of ether oxygens (including phenoxy) is 3. The number of carbonyl (C=O) groups excluding carboxylic acids is 1. The SMILES string of the molecule is COc1ccc(CNC(=O)CNc2cc(OC)ccc2OC)cc1. The average molecular weight is 330 g/mol. The van der Waals surface area contributed by atoms with Crippen molar-refractivity contribution in [2.45, 2.75) is 6.54 Å². The Balaban J connectivity index is 1.86. The number of hydrogen-bond donors (Lipinski definition) is 2. The Morgan fingerprint density at radius 1 is 0.917 bits per heavy atom. The van der Waals surface area contributed by atoms with Gasteiger partial charge in [-0.25, -0.2) is 0 Å². The molecule has 6 nitrogen and oxygen atoms in total. The van der Waals surface area contributed by atoms with E-state index in [1.807, 2.05) is 24.3 Å². The fourth-order valence-corrected chi connectivity index (χ4v) is 2.13. The van der Waals surface area contributed by atoms with Crippen LogP contribution in [0.15, 0.2) is 42.5 Å². The molecule has 0 unspecified atom stereocenters. The van der Waals surface area contributed by atoms with E-state index in [9.17, 15) is 4.79 Å². The van der Waals surface area contributed by atoms with E-state index < -0.39 is 0 Å². The Morgan fingerprint density at radius 2 is 1.58 bits per heavy atom. The van der Waals surface area contributed by atoms with E-state index in [2.05, 4.69) is 10.6 Å². The van der Waals surface area contributed by atoms with Crippen molar-refractivity contribution in [3.63, 3.8) is 0 Å². The van der Waals surface area contributed by atoms with Gasteiger partial charge in [0.2, 0.25) is 5.91 Å². The first-order valence-electron chi connectivity index (χ1n) is 7.51. The summed E-state index contributed by atoms with van der Waals surface area (Å²) in [4.78, 5) is 12.0. The second-order valence-corrected chi connectivity index (χ2v) is 5.04. The van der Waals surface area contributed by atoms with Crippen LogP contribution in [0.2, 0.25) is 0 Å². The molecule has 0 spiro atoms. The molecule has 24 heavy (non-hydrogen) atoms. The largest absolute Gasteiger partial charge is 0.497 e. The van der Waals surface area contributed by atoms with Gasteiger partial charge in [0.1, 0.15) is 17.2 Å². The van der Waals surface area contributed by atoms with Crippen molar-refractivity contribution >= 4 is 11.6 Å². The number of anilines is 1. The molecule has 2 N–H and O–H groups in total. The van der Waals surface area contributed by atoms with E-state index in [0.717, 1.165) is 11.3 Å². The van der Waals surface area contributed by atoms with E-state index in [1.54, 1.807) is 39.5 Å². The first-order valence-corrected chi connectivity index (χ1v) is 7.51. The van der Waals surface area contributed by atoms with Gasteiger partial charge in [-0.15, -0.1) is 0 Å². The topological polar surface area (TPSA) is 68.8 Å². The maximum Gasteiger partial charge on any atom is 0.239 e. The fraction of sp³-hybridized carbons (Fsp3) is 0.278. The number of hydrogen-bond acceptors (Lipinski definition) is 5. The van der Waals surface area contributed by atoms with Crippen molar-refractivity contribution in [2.75, 3.05) is 33.2 Å². The maximum absolute atomic E-state index is 12.0. The molecule has 6 heteroatoms. The van der Waals surface area contributed by atoms with Crippen LogP contribution in [0.1, 0.15) is 5.56 Å². The van der Waals surface area contributed by atoms with Crippen LogP contribution in [0.5, 0.6) is 17.2 Å². The Hall–Kier alpha value is -2.89. The lowest BCUT2D eigenvalue weighted by Crippen LogP contribution is -2.29. The van der Waals surface area contributed by atoms with Crippen molar-refractivity contribution in [1.29, 1.82) is 0 Å². The van der Waals surface area contributed by atoms with Crippen LogP contribution in [0.25, 0.3) is 0 Å². The van der Waals surface area contributed by atoms with Gasteiger partial charge in [0.15, 0.2) is 0 Å². The quantitative estimate of drug-likeness (QED) is 0.778. The monoisotopic (exact) mass is 330 g/mol. The van der Waals surface area contributed by atoms with E-state index in [0.29, 0.717) is 23.7 Å². The molecule has 0 heterocycles. The molecule has 0 aliphatic heterocycles. The summed E-state index contributed by atoms with van der Waals surface area (Å²) >= 11 is 0. The van der Waals surface area contributed by atoms with Crippen molar-refractivity contribution in [2.24, 2.45) is 0 Å². The minimum Gasteiger partial charge on any atom is -0.497 e. The number of carbonyl (C=O) groups is 1. The summed E-state index contributed by atoms with van der Waals surface area (Å²) in [7, 11) is 4.79. The van der Waals surface area contributed by atoms with Crippen molar-refractivity contribution in [3.8, 4) is 17.2 Å². The second-order valence-electron chi connectivity index (χ2n) is 5.04. The molecule has 0 saturated heterocycles. The van der Waals surface area contributed by atoms with Gasteiger partial charge in [-0.1, -0.05) is 12.1 Å². The van der Waals surface area contributed by atoms with Crippen molar-refractivity contribution in [3.05, 3.63) is 48.0 Å². The molecule has 2 rings (SSSR count). The van der Waals surface area contributed by atoms with Gasteiger partial charge in [0.25, 0.3) is 0 Å². The Bertz CT molecular complexity index is 671. The van der Waals surface area contributed by atoms with Gasteiger partial charge >= 0.3 is 0 Å². The number of amides is 1. The summed E-state index contributed by atoms with van der Waals surface area (Å²) in [6, 6.07) is 12.9. The normalized spacial score (nSPS) is 9.96. The van der Waals surface area contributed by atoms with Crippen LogP contribution in [0, 0.1) is 0 Å². The van der Waals surface area contributed by atoms with E-state index in [4.69, 9.17) is 14.2 Å². The highest BCUT2D eigenvalue weighted by atomic mass is 16.5. The van der Waals surface area contributed by atoms with Crippen LogP contribution in [-0.4, -0.2) is 33.8 Å². The van der Waals surface area contributed by atoms with E-state index in [1.165, 1.54) is 0 Å². The molecule has 0 fully saturated rings. The minimum absolute atomic E-state index is 0.115. The minimum atomic E-state index is -0.115. The summed E-state index contributed by atoms with van der Waals surface area (Å²) < 4.78 is 15.5. The maximum atomic E-state index is 12.0. The lowest BCUT2D eigenvalue weighted by Gasteiger charge is -2.13. The third-order valence-electron chi connectivity index (χ3n) is 3.49. The summed E-state index contributed by atoms with van der Waals surface area (Å²) in [5.74, 6) is 2.02. The highest BCUT2D eigenvalue weighted by Gasteiger charge is 2.07. The van der Waals surface area contributed by atoms with Gasteiger partial charge in [-0.05, 0) is 29.8 Å². The molecule has 0 aliphatic rings. The highest BCUT2D eigenvalue weighted by molar-refractivity contribution is 5.81. The number of benzene rings is 2. The van der Waals surface area contributed by atoms with Crippen LogP contribution < -0.4 is 24.8 Å². The van der Waals surface area contributed by atoms with Crippen LogP contribution >= 0.6 is 0 Å². The van der Waals surface area contributed by atoms with Crippen LogP contribution in [-0.2, 0) is 11.3 Å². The first kappa shape index (κ1) is 17.5. The molecule has 0 aromatic heterocycles. The van der Waals surface area contributed by atoms with Gasteiger partial charge < -0.3 is 24.8 Å². The molecule has 2 aromatic rings. The molecule has 0 saturated carbocycles. The molecule has 0 aliphatic carbocycles. The first-order chi connectivity index (χ1) is 11.7. The number of rotatable bonds is 8. The predicted octanol–water partition coefficient (Wildman–Crippen LogP) is 2.44. The summed E-state index contributed by atoms with van der Waals surface area (Å²) in [6.45, 7) is 0.597. The highest BCUT2D eigenvalue weighted by Crippen LogP contribution is 2.28. The number of methoxy groups -OCH3 is 3. The number of nitrogens with one attached hydrogen (secondary N) is 2. The second kappa shape index (κ2) is 8.67. The molecule has 1 amide bonds. The van der Waals surface area contributed by atoms with Gasteiger partial charge in [0.05, 0.1) is 33.6 Å². The Kier molecular flexibility index (Phi) is 6.31. The Labute approximate surface area is 141 Å². The molecule has 0 bridgehead atoms. The van der Waals surface area contributed by atoms with Gasteiger partial charge in [-0.3, -0.25) is 4.79 Å². The fourth-order valence-electron chi connectivity index (χ4n) is 2.13. The molecule has 0 atom stereocenters. The zero-order valence-corrected chi connectivity index (χ0v) is 14.1. The van der Waals surface area contributed by atoms with Gasteiger partial charge in [0, 0.05) is 12.6 Å². The average Bonchev–Trinajstić information content (AvgIpc) is 2.64. The van der Waals surface area contributed by atoms with Gasteiger partial charge in [-0.2, -0.15) is 0 Å². The smallest absolute Gasteiger partial charge is 0.239 e. The summed E-state index contributed by atoms with van der Waals surface area (Å²) in [5, 5.41) is 5.91. The lowest BCUT2D eigenvalue weighted by molar-refractivity contribution is -0.119. The van der Waals surface area contributed by atoms with E-state index in [-0.39, 0.29) is 12.5 Å². The molecule has 128 valence electrons. The van der Waals surface area contributed by atoms with Crippen molar-refractivity contribution < 1.29 is 19.0 Å². The molecule has 0 radical (unpaired) electrons. The summed E-state index contributed by atoms with van der Waals surface area (Å²) in [6.07, 6.45) is 0. The van der Waals surface area contributed by atoms with Crippen LogP contribution in [0.4, 0.5) is 5.69 Å². The zero-order valence-electron chi connectivity index (χ0n) is 14.1. The van der Waals surface area contributed by atoms with Crippen LogP contribution in [0.3, 0.4) is 0 Å². The van der Waals surface area contributed by atoms with Crippen molar-refractivity contribution in [1.82, 2.24) is 5.32 Å². The third-order valence-corrected chi connectivity index (χ3v) is 3.49. The summed E-state index contributed by atoms with van der Waals surface area (Å²) in [5.41, 5.74) is 1.71. The molecule has 2 aromatic carbocycles. The zero-order chi connectivity index (χ0) is 17.4. The van der Waals surface area contributed by atoms with E-state index >= 15 is 0 Å². The standard InChI is InChI=1S/C18H22N2O4/c1-22-14-6-4-13(5-7-14)11-20-18(21)12-19-16-10-15(23-2)8-9-17(16)24-3/h4-10,19H,11-12H2,1-3H3,(H,20,21). The predicted molar refractivity (Wildman–Crippen MR) is 92.9 cm³/mol. The lowest BCUT2D eigenvalue weighted by atomic mass is 10.2. The Morgan fingerprint density at radius 3 is 2.21 bits per heavy atom.